The lowest BCUT2D eigenvalue weighted by Gasteiger charge is -2.08. The van der Waals surface area contributed by atoms with Crippen LogP contribution in [0, 0.1) is 5.82 Å². The summed E-state index contributed by atoms with van der Waals surface area (Å²) in [6.07, 6.45) is 0.782. The highest BCUT2D eigenvalue weighted by atomic mass is 35.5. The Morgan fingerprint density at radius 3 is 2.73 bits per heavy atom. The monoisotopic (exact) mass is 223 g/mol. The van der Waals surface area contributed by atoms with Gasteiger partial charge in [-0.2, -0.15) is 0 Å². The molecule has 2 N–H and O–H groups in total. The van der Waals surface area contributed by atoms with Crippen LogP contribution in [0.2, 0.25) is 5.02 Å². The van der Waals surface area contributed by atoms with Crippen molar-refractivity contribution in [1.82, 2.24) is 0 Å². The third-order valence-electron chi connectivity index (χ3n) is 2.49. The molecule has 0 spiro atoms. The van der Waals surface area contributed by atoms with Crippen molar-refractivity contribution in [3.05, 3.63) is 40.7 Å². The zero-order valence-corrected chi connectivity index (χ0v) is 9.11. The SMILES string of the molecule is CCc1cc(N)cc2ccc(F)c(Cl)c12. The van der Waals surface area contributed by atoms with Crippen LogP contribution in [0.15, 0.2) is 24.3 Å². The normalized spacial score (nSPS) is 10.9. The maximum absolute atomic E-state index is 13.3. The molecule has 0 aliphatic rings. The van der Waals surface area contributed by atoms with Crippen LogP contribution in [0.1, 0.15) is 12.5 Å². The highest BCUT2D eigenvalue weighted by Gasteiger charge is 2.09. The number of anilines is 1. The lowest BCUT2D eigenvalue weighted by Crippen LogP contribution is -1.92. The second-order valence-corrected chi connectivity index (χ2v) is 3.87. The average molecular weight is 224 g/mol. The van der Waals surface area contributed by atoms with Gasteiger partial charge in [0.25, 0.3) is 0 Å². The zero-order chi connectivity index (χ0) is 11.0. The molecule has 0 saturated heterocycles. The molecular formula is C12H11ClFN. The predicted molar refractivity (Wildman–Crippen MR) is 62.7 cm³/mol. The summed E-state index contributed by atoms with van der Waals surface area (Å²) in [6, 6.07) is 6.71. The van der Waals surface area contributed by atoms with Gasteiger partial charge in [0.1, 0.15) is 5.82 Å². The Balaban J connectivity index is 2.91. The van der Waals surface area contributed by atoms with Crippen molar-refractivity contribution in [2.45, 2.75) is 13.3 Å². The summed E-state index contributed by atoms with van der Waals surface area (Å²) >= 11 is 5.95. The molecule has 0 bridgehead atoms. The molecule has 0 radical (unpaired) electrons. The standard InChI is InChI=1S/C12H11ClFN/c1-2-7-5-9(15)6-8-3-4-10(14)12(13)11(7)8/h3-6H,2,15H2,1H3. The largest absolute Gasteiger partial charge is 0.399 e. The number of benzene rings is 2. The Labute approximate surface area is 92.7 Å². The van der Waals surface area contributed by atoms with Crippen LogP contribution in [0.5, 0.6) is 0 Å². The first kappa shape index (κ1) is 10.2. The number of fused-ring (bicyclic) bond motifs is 1. The van der Waals surface area contributed by atoms with Gasteiger partial charge in [-0.3, -0.25) is 0 Å². The summed E-state index contributed by atoms with van der Waals surface area (Å²) in [5.41, 5.74) is 7.42. The Morgan fingerprint density at radius 2 is 2.07 bits per heavy atom. The molecule has 1 nitrogen and oxygen atoms in total. The Hall–Kier alpha value is -1.28. The van der Waals surface area contributed by atoms with Crippen LogP contribution in [-0.2, 0) is 6.42 Å². The summed E-state index contributed by atoms with van der Waals surface area (Å²) in [4.78, 5) is 0. The maximum atomic E-state index is 13.3. The molecule has 0 aliphatic heterocycles. The molecular weight excluding hydrogens is 213 g/mol. The first-order chi connectivity index (χ1) is 7.13. The van der Waals surface area contributed by atoms with Crippen molar-refractivity contribution in [3.63, 3.8) is 0 Å². The topological polar surface area (TPSA) is 26.0 Å². The second-order valence-electron chi connectivity index (χ2n) is 3.49. The third kappa shape index (κ3) is 1.65. The molecule has 0 unspecified atom stereocenters. The van der Waals surface area contributed by atoms with E-state index in [4.69, 9.17) is 17.3 Å². The Kier molecular flexibility index (Phi) is 2.53. The molecule has 0 fully saturated rings. The molecule has 0 aliphatic carbocycles. The van der Waals surface area contributed by atoms with Gasteiger partial charge in [-0.25, -0.2) is 4.39 Å². The molecule has 2 rings (SSSR count). The minimum atomic E-state index is -0.386. The van der Waals surface area contributed by atoms with Crippen molar-refractivity contribution in [1.29, 1.82) is 0 Å². The predicted octanol–water partition coefficient (Wildman–Crippen LogP) is 3.78. The average Bonchev–Trinajstić information content (AvgIpc) is 2.22. The van der Waals surface area contributed by atoms with Crippen molar-refractivity contribution in [2.24, 2.45) is 0 Å². The molecule has 0 saturated carbocycles. The molecule has 0 aromatic heterocycles. The van der Waals surface area contributed by atoms with Crippen molar-refractivity contribution >= 4 is 28.1 Å². The van der Waals surface area contributed by atoms with Crippen molar-refractivity contribution < 1.29 is 4.39 Å². The van der Waals surface area contributed by atoms with Crippen LogP contribution in [-0.4, -0.2) is 0 Å². The minimum absolute atomic E-state index is 0.185. The molecule has 2 aromatic carbocycles. The number of hydrogen-bond donors (Lipinski definition) is 1. The van der Waals surface area contributed by atoms with E-state index in [1.165, 1.54) is 6.07 Å². The minimum Gasteiger partial charge on any atom is -0.399 e. The summed E-state index contributed by atoms with van der Waals surface area (Å²) in [6.45, 7) is 2.00. The maximum Gasteiger partial charge on any atom is 0.142 e. The van der Waals surface area contributed by atoms with Gasteiger partial charge in [0, 0.05) is 11.1 Å². The van der Waals surface area contributed by atoms with Gasteiger partial charge in [-0.15, -0.1) is 0 Å². The van der Waals surface area contributed by atoms with Gasteiger partial charge in [0.2, 0.25) is 0 Å². The van der Waals surface area contributed by atoms with Crippen LogP contribution in [0.4, 0.5) is 10.1 Å². The van der Waals surface area contributed by atoms with E-state index >= 15 is 0 Å². The lowest BCUT2D eigenvalue weighted by molar-refractivity contribution is 0.630. The van der Waals surface area contributed by atoms with Gasteiger partial charge >= 0.3 is 0 Å². The number of aryl methyl sites for hydroxylation is 1. The molecule has 15 heavy (non-hydrogen) atoms. The van der Waals surface area contributed by atoms with Crippen LogP contribution in [0.3, 0.4) is 0 Å². The number of rotatable bonds is 1. The van der Waals surface area contributed by atoms with E-state index in [1.54, 1.807) is 12.1 Å². The molecule has 3 heteroatoms. The summed E-state index contributed by atoms with van der Waals surface area (Å²) in [5.74, 6) is -0.386. The molecule has 0 amide bonds. The summed E-state index contributed by atoms with van der Waals surface area (Å²) < 4.78 is 13.3. The molecule has 0 atom stereocenters. The first-order valence-corrected chi connectivity index (χ1v) is 5.17. The van der Waals surface area contributed by atoms with Crippen molar-refractivity contribution in [2.75, 3.05) is 5.73 Å². The number of hydrogen-bond acceptors (Lipinski definition) is 1. The quantitative estimate of drug-likeness (QED) is 0.732. The molecule has 0 heterocycles. The Bertz CT molecular complexity index is 523. The third-order valence-corrected chi connectivity index (χ3v) is 2.86. The van der Waals surface area contributed by atoms with Crippen molar-refractivity contribution in [3.8, 4) is 0 Å². The van der Waals surface area contributed by atoms with E-state index in [0.717, 1.165) is 22.8 Å². The fourth-order valence-electron chi connectivity index (χ4n) is 1.79. The van der Waals surface area contributed by atoms with E-state index in [2.05, 4.69) is 0 Å². The number of nitrogen functional groups attached to an aromatic ring is 1. The first-order valence-electron chi connectivity index (χ1n) is 4.79. The summed E-state index contributed by atoms with van der Waals surface area (Å²) in [5, 5.41) is 1.84. The fourth-order valence-corrected chi connectivity index (χ4v) is 2.08. The number of halogens is 2. The highest BCUT2D eigenvalue weighted by molar-refractivity contribution is 6.36. The van der Waals surface area contributed by atoms with Crippen LogP contribution in [0.25, 0.3) is 10.8 Å². The highest BCUT2D eigenvalue weighted by Crippen LogP contribution is 2.31. The van der Waals surface area contributed by atoms with E-state index < -0.39 is 0 Å². The molecule has 78 valence electrons. The van der Waals surface area contributed by atoms with E-state index in [-0.39, 0.29) is 10.8 Å². The van der Waals surface area contributed by atoms with Gasteiger partial charge in [-0.1, -0.05) is 24.6 Å². The van der Waals surface area contributed by atoms with Crippen LogP contribution >= 0.6 is 11.6 Å². The van der Waals surface area contributed by atoms with E-state index in [1.807, 2.05) is 13.0 Å². The van der Waals surface area contributed by atoms with E-state index in [0.29, 0.717) is 5.69 Å². The fraction of sp³-hybridized carbons (Fsp3) is 0.167. The molecule has 2 aromatic rings. The Morgan fingerprint density at radius 1 is 1.33 bits per heavy atom. The van der Waals surface area contributed by atoms with Gasteiger partial charge in [-0.05, 0) is 35.6 Å². The van der Waals surface area contributed by atoms with Gasteiger partial charge < -0.3 is 5.73 Å². The van der Waals surface area contributed by atoms with Gasteiger partial charge in [0.05, 0.1) is 5.02 Å². The number of nitrogens with two attached hydrogens (primary N) is 1. The van der Waals surface area contributed by atoms with Gasteiger partial charge in [0.15, 0.2) is 0 Å². The smallest absolute Gasteiger partial charge is 0.142 e. The zero-order valence-electron chi connectivity index (χ0n) is 8.35. The lowest BCUT2D eigenvalue weighted by atomic mass is 10.0. The second kappa shape index (κ2) is 3.70. The summed E-state index contributed by atoms with van der Waals surface area (Å²) in [7, 11) is 0. The van der Waals surface area contributed by atoms with Crippen LogP contribution < -0.4 is 5.73 Å². The van der Waals surface area contributed by atoms with E-state index in [9.17, 15) is 4.39 Å².